The molecule has 0 heterocycles. The first-order chi connectivity index (χ1) is 8.31. The highest BCUT2D eigenvalue weighted by Gasteiger charge is 2.21. The van der Waals surface area contributed by atoms with E-state index in [1.165, 1.54) is 4.90 Å². The number of amides is 1. The minimum atomic E-state index is -3.11. The van der Waals surface area contributed by atoms with Crippen LogP contribution in [0.25, 0.3) is 0 Å². The first-order valence-electron chi connectivity index (χ1n) is 6.14. The van der Waals surface area contributed by atoms with Crippen LogP contribution in [0, 0.1) is 0 Å². The van der Waals surface area contributed by atoms with Crippen LogP contribution in [-0.4, -0.2) is 62.1 Å². The first kappa shape index (κ1) is 17.3. The third kappa shape index (κ3) is 7.62. The van der Waals surface area contributed by atoms with Crippen molar-refractivity contribution in [1.29, 1.82) is 0 Å². The van der Waals surface area contributed by atoms with Gasteiger partial charge in [0.15, 0.2) is 0 Å². The van der Waals surface area contributed by atoms with Crippen molar-refractivity contribution in [2.75, 3.05) is 31.7 Å². The Balaban J connectivity index is 4.36. The Hall–Kier alpha value is -0.660. The van der Waals surface area contributed by atoms with Crippen molar-refractivity contribution in [3.05, 3.63) is 0 Å². The number of nitrogens with zero attached hydrogens (tertiary/aromatic N) is 1. The molecular formula is C11H24N2O4S. The zero-order valence-corrected chi connectivity index (χ0v) is 11.9. The Morgan fingerprint density at radius 1 is 1.39 bits per heavy atom. The van der Waals surface area contributed by atoms with Gasteiger partial charge in [-0.15, -0.1) is 0 Å². The van der Waals surface area contributed by atoms with Crippen LogP contribution in [0.5, 0.6) is 0 Å². The highest BCUT2D eigenvalue weighted by Crippen LogP contribution is 2.02. The van der Waals surface area contributed by atoms with Crippen molar-refractivity contribution in [2.45, 2.75) is 32.2 Å². The quantitative estimate of drug-likeness (QED) is 0.585. The summed E-state index contributed by atoms with van der Waals surface area (Å²) in [6, 6.07) is -0.817. The Labute approximate surface area is 109 Å². The average molecular weight is 280 g/mol. The smallest absolute Gasteiger partial charge is 0.239 e. The second-order valence-corrected chi connectivity index (χ2v) is 6.69. The van der Waals surface area contributed by atoms with Gasteiger partial charge >= 0.3 is 0 Å². The van der Waals surface area contributed by atoms with Gasteiger partial charge in [-0.1, -0.05) is 13.3 Å². The van der Waals surface area contributed by atoms with Crippen LogP contribution in [0.3, 0.4) is 0 Å². The number of unbranched alkanes of at least 4 members (excludes halogenated alkanes) is 1. The van der Waals surface area contributed by atoms with Gasteiger partial charge in [0.1, 0.15) is 9.84 Å². The highest BCUT2D eigenvalue weighted by atomic mass is 32.2. The number of carbonyl (C=O) groups excluding carboxylic acids is 1. The number of nitrogens with two attached hydrogens (primary N) is 1. The van der Waals surface area contributed by atoms with Gasteiger partial charge in [0, 0.05) is 19.3 Å². The van der Waals surface area contributed by atoms with E-state index in [-0.39, 0.29) is 31.2 Å². The molecule has 0 aliphatic heterocycles. The topological polar surface area (TPSA) is 101 Å². The molecule has 7 heteroatoms. The molecule has 0 aromatic rings. The number of sulfone groups is 1. The summed E-state index contributed by atoms with van der Waals surface area (Å²) in [6.45, 7) is 2.67. The predicted molar refractivity (Wildman–Crippen MR) is 70.9 cm³/mol. The Morgan fingerprint density at radius 3 is 2.44 bits per heavy atom. The molecule has 6 nitrogen and oxygen atoms in total. The zero-order valence-electron chi connectivity index (χ0n) is 11.1. The summed E-state index contributed by atoms with van der Waals surface area (Å²) in [4.78, 5) is 13.4. The maximum atomic E-state index is 12.0. The third-order valence-corrected chi connectivity index (χ3v) is 3.56. The molecule has 0 aromatic carbocycles. The lowest BCUT2D eigenvalue weighted by Gasteiger charge is -2.24. The standard InChI is InChI=1S/C11H24N2O4S/c1-3-4-6-13(7-8-14)11(15)10(12)5-9-18(2,16)17/h10,14H,3-9,12H2,1-2H3. The summed E-state index contributed by atoms with van der Waals surface area (Å²) >= 11 is 0. The Kier molecular flexibility index (Phi) is 8.13. The minimum absolute atomic E-state index is 0.0966. The summed E-state index contributed by atoms with van der Waals surface area (Å²) in [7, 11) is -3.11. The van der Waals surface area contributed by atoms with Gasteiger partial charge in [-0.25, -0.2) is 8.42 Å². The molecule has 0 radical (unpaired) electrons. The maximum Gasteiger partial charge on any atom is 0.239 e. The normalized spacial score (nSPS) is 13.3. The Bertz CT molecular complexity index is 343. The fraction of sp³-hybridized carbons (Fsp3) is 0.909. The summed E-state index contributed by atoms with van der Waals surface area (Å²) in [5.74, 6) is -0.387. The summed E-state index contributed by atoms with van der Waals surface area (Å²) in [5, 5.41) is 8.90. The van der Waals surface area contributed by atoms with E-state index in [2.05, 4.69) is 0 Å². The van der Waals surface area contributed by atoms with E-state index < -0.39 is 15.9 Å². The summed E-state index contributed by atoms with van der Waals surface area (Å²) in [6.07, 6.45) is 3.01. The van der Waals surface area contributed by atoms with Crippen molar-refractivity contribution in [3.63, 3.8) is 0 Å². The number of aliphatic hydroxyl groups is 1. The lowest BCUT2D eigenvalue weighted by Crippen LogP contribution is -2.46. The fourth-order valence-corrected chi connectivity index (χ4v) is 2.18. The molecule has 0 spiro atoms. The van der Waals surface area contributed by atoms with Gasteiger partial charge in [0.2, 0.25) is 5.91 Å². The zero-order chi connectivity index (χ0) is 14.2. The van der Waals surface area contributed by atoms with Crippen LogP contribution in [0.1, 0.15) is 26.2 Å². The van der Waals surface area contributed by atoms with Gasteiger partial charge in [-0.2, -0.15) is 0 Å². The predicted octanol–water partition coefficient (Wildman–Crippen LogP) is -0.631. The van der Waals surface area contributed by atoms with E-state index in [0.717, 1.165) is 19.1 Å². The maximum absolute atomic E-state index is 12.0. The van der Waals surface area contributed by atoms with Gasteiger partial charge in [-0.3, -0.25) is 4.79 Å². The molecule has 18 heavy (non-hydrogen) atoms. The molecule has 0 fully saturated rings. The molecule has 0 saturated carbocycles. The van der Waals surface area contributed by atoms with Gasteiger partial charge in [0.25, 0.3) is 0 Å². The van der Waals surface area contributed by atoms with Crippen molar-refractivity contribution in [1.82, 2.24) is 4.90 Å². The molecule has 0 aromatic heterocycles. The van der Waals surface area contributed by atoms with Crippen LogP contribution < -0.4 is 5.73 Å². The van der Waals surface area contributed by atoms with E-state index in [9.17, 15) is 13.2 Å². The van der Waals surface area contributed by atoms with Crippen molar-refractivity contribution in [3.8, 4) is 0 Å². The fourth-order valence-electron chi connectivity index (χ4n) is 1.50. The summed E-state index contributed by atoms with van der Waals surface area (Å²) < 4.78 is 22.0. The van der Waals surface area contributed by atoms with Gasteiger partial charge in [-0.05, 0) is 12.8 Å². The van der Waals surface area contributed by atoms with Crippen molar-refractivity contribution in [2.24, 2.45) is 5.73 Å². The second-order valence-electron chi connectivity index (χ2n) is 4.43. The van der Waals surface area contributed by atoms with E-state index in [0.29, 0.717) is 6.54 Å². The average Bonchev–Trinajstić information content (AvgIpc) is 2.29. The molecule has 1 amide bonds. The molecule has 0 bridgehead atoms. The van der Waals surface area contributed by atoms with E-state index in [4.69, 9.17) is 10.8 Å². The first-order valence-corrected chi connectivity index (χ1v) is 8.20. The van der Waals surface area contributed by atoms with E-state index in [1.807, 2.05) is 6.92 Å². The van der Waals surface area contributed by atoms with Crippen LogP contribution in [0.2, 0.25) is 0 Å². The number of rotatable bonds is 9. The lowest BCUT2D eigenvalue weighted by molar-refractivity contribution is -0.133. The molecule has 108 valence electrons. The highest BCUT2D eigenvalue weighted by molar-refractivity contribution is 7.90. The SMILES string of the molecule is CCCCN(CCO)C(=O)C(N)CCS(C)(=O)=O. The summed E-state index contributed by atoms with van der Waals surface area (Å²) in [5.41, 5.74) is 5.69. The molecule has 0 aliphatic rings. The third-order valence-electron chi connectivity index (χ3n) is 2.58. The largest absolute Gasteiger partial charge is 0.395 e. The van der Waals surface area contributed by atoms with Crippen molar-refractivity contribution < 1.29 is 18.3 Å². The molecule has 0 saturated heterocycles. The van der Waals surface area contributed by atoms with Crippen molar-refractivity contribution >= 4 is 15.7 Å². The van der Waals surface area contributed by atoms with Gasteiger partial charge in [0.05, 0.1) is 18.4 Å². The molecule has 1 unspecified atom stereocenters. The van der Waals surface area contributed by atoms with E-state index in [1.54, 1.807) is 0 Å². The number of hydrogen-bond acceptors (Lipinski definition) is 5. The Morgan fingerprint density at radius 2 is 2.00 bits per heavy atom. The molecular weight excluding hydrogens is 256 g/mol. The lowest BCUT2D eigenvalue weighted by atomic mass is 10.2. The molecule has 0 aliphatic carbocycles. The number of hydrogen-bond donors (Lipinski definition) is 2. The molecule has 0 rings (SSSR count). The molecule has 1 atom stereocenters. The molecule has 3 N–H and O–H groups in total. The second kappa shape index (κ2) is 8.44. The number of aliphatic hydroxyl groups excluding tert-OH is 1. The monoisotopic (exact) mass is 280 g/mol. The van der Waals surface area contributed by atoms with Crippen LogP contribution in [-0.2, 0) is 14.6 Å². The van der Waals surface area contributed by atoms with Crippen LogP contribution in [0.4, 0.5) is 0 Å². The number of carbonyl (C=O) groups is 1. The minimum Gasteiger partial charge on any atom is -0.395 e. The van der Waals surface area contributed by atoms with Crippen LogP contribution >= 0.6 is 0 Å². The van der Waals surface area contributed by atoms with E-state index >= 15 is 0 Å². The van der Waals surface area contributed by atoms with Crippen LogP contribution in [0.15, 0.2) is 0 Å². The van der Waals surface area contributed by atoms with Gasteiger partial charge < -0.3 is 15.7 Å².